The fourth-order valence-electron chi connectivity index (χ4n) is 0.963. The number of carboxylic acids is 1. The highest BCUT2D eigenvalue weighted by atomic mass is 16.7. The molecule has 0 fully saturated rings. The quantitative estimate of drug-likeness (QED) is 0.554. The number of ether oxygens (including phenoxy) is 2. The summed E-state index contributed by atoms with van der Waals surface area (Å²) in [6.07, 6.45) is 0. The SMILES string of the molecule is COCOc1ccc(N)cc1C(=O)O. The summed E-state index contributed by atoms with van der Waals surface area (Å²) in [5, 5.41) is 8.81. The lowest BCUT2D eigenvalue weighted by Crippen LogP contribution is -2.06. The molecule has 0 saturated heterocycles. The van der Waals surface area contributed by atoms with Crippen LogP contribution in [0.15, 0.2) is 18.2 Å². The average Bonchev–Trinajstić information content (AvgIpc) is 2.15. The van der Waals surface area contributed by atoms with Crippen LogP contribution in [-0.2, 0) is 4.74 Å². The maximum atomic E-state index is 10.8. The molecule has 5 heteroatoms. The number of aromatic carboxylic acids is 1. The zero-order chi connectivity index (χ0) is 10.6. The first kappa shape index (κ1) is 10.3. The van der Waals surface area contributed by atoms with Crippen molar-refractivity contribution >= 4 is 11.7 Å². The summed E-state index contributed by atoms with van der Waals surface area (Å²) in [5.41, 5.74) is 5.86. The van der Waals surface area contributed by atoms with Gasteiger partial charge in [0, 0.05) is 12.8 Å². The van der Waals surface area contributed by atoms with Gasteiger partial charge in [-0.15, -0.1) is 0 Å². The van der Waals surface area contributed by atoms with E-state index in [1.54, 1.807) is 6.07 Å². The summed E-state index contributed by atoms with van der Waals surface area (Å²) in [7, 11) is 1.46. The number of carbonyl (C=O) groups is 1. The number of nitrogen functional groups attached to an aromatic ring is 1. The molecule has 0 saturated carbocycles. The molecule has 0 aliphatic rings. The average molecular weight is 197 g/mol. The zero-order valence-electron chi connectivity index (χ0n) is 7.69. The largest absolute Gasteiger partial charge is 0.478 e. The Labute approximate surface area is 81.0 Å². The minimum Gasteiger partial charge on any atom is -0.478 e. The first-order valence-corrected chi connectivity index (χ1v) is 3.89. The molecule has 0 aliphatic carbocycles. The van der Waals surface area contributed by atoms with E-state index in [-0.39, 0.29) is 18.1 Å². The van der Waals surface area contributed by atoms with Crippen molar-refractivity contribution in [3.63, 3.8) is 0 Å². The second-order valence-corrected chi connectivity index (χ2v) is 2.61. The van der Waals surface area contributed by atoms with Crippen molar-refractivity contribution < 1.29 is 19.4 Å². The third kappa shape index (κ3) is 2.37. The number of rotatable bonds is 4. The molecule has 1 aromatic rings. The minimum atomic E-state index is -1.08. The fourth-order valence-corrected chi connectivity index (χ4v) is 0.963. The van der Waals surface area contributed by atoms with E-state index in [1.165, 1.54) is 19.2 Å². The van der Waals surface area contributed by atoms with Gasteiger partial charge in [-0.2, -0.15) is 0 Å². The van der Waals surface area contributed by atoms with Crippen molar-refractivity contribution in [3.8, 4) is 5.75 Å². The van der Waals surface area contributed by atoms with Crippen molar-refractivity contribution in [2.24, 2.45) is 0 Å². The Kier molecular flexibility index (Phi) is 3.30. The lowest BCUT2D eigenvalue weighted by atomic mass is 10.2. The van der Waals surface area contributed by atoms with E-state index in [0.717, 1.165) is 0 Å². The molecule has 5 nitrogen and oxygen atoms in total. The zero-order valence-corrected chi connectivity index (χ0v) is 7.69. The highest BCUT2D eigenvalue weighted by molar-refractivity contribution is 5.92. The van der Waals surface area contributed by atoms with Crippen molar-refractivity contribution in [1.82, 2.24) is 0 Å². The van der Waals surface area contributed by atoms with Gasteiger partial charge in [-0.1, -0.05) is 0 Å². The molecular weight excluding hydrogens is 186 g/mol. The summed E-state index contributed by atoms with van der Waals surface area (Å²) in [5.74, 6) is -0.836. The van der Waals surface area contributed by atoms with Crippen LogP contribution in [0, 0.1) is 0 Å². The van der Waals surface area contributed by atoms with Crippen molar-refractivity contribution in [1.29, 1.82) is 0 Å². The van der Waals surface area contributed by atoms with E-state index in [9.17, 15) is 4.79 Å². The molecule has 0 radical (unpaired) electrons. The van der Waals surface area contributed by atoms with Crippen LogP contribution in [0.2, 0.25) is 0 Å². The Morgan fingerprint density at radius 2 is 2.29 bits per heavy atom. The third-order valence-corrected chi connectivity index (χ3v) is 1.57. The number of carboxylic acid groups (broad SMARTS) is 1. The summed E-state index contributed by atoms with van der Waals surface area (Å²) < 4.78 is 9.71. The maximum absolute atomic E-state index is 10.8. The van der Waals surface area contributed by atoms with Crippen molar-refractivity contribution in [2.45, 2.75) is 0 Å². The fraction of sp³-hybridized carbons (Fsp3) is 0.222. The van der Waals surface area contributed by atoms with Gasteiger partial charge in [0.1, 0.15) is 11.3 Å². The van der Waals surface area contributed by atoms with Gasteiger partial charge in [-0.25, -0.2) is 4.79 Å². The third-order valence-electron chi connectivity index (χ3n) is 1.57. The molecule has 0 heterocycles. The predicted octanol–water partition coefficient (Wildman–Crippen LogP) is 0.950. The smallest absolute Gasteiger partial charge is 0.339 e. The van der Waals surface area contributed by atoms with Gasteiger partial charge in [0.25, 0.3) is 0 Å². The standard InChI is InChI=1S/C9H11NO4/c1-13-5-14-8-3-2-6(10)4-7(8)9(11)12/h2-4H,5,10H2,1H3,(H,11,12). The summed E-state index contributed by atoms with van der Waals surface area (Å²) in [4.78, 5) is 10.8. The van der Waals surface area contributed by atoms with E-state index in [0.29, 0.717) is 5.69 Å². The van der Waals surface area contributed by atoms with E-state index < -0.39 is 5.97 Å². The molecule has 0 bridgehead atoms. The Balaban J connectivity index is 2.96. The highest BCUT2D eigenvalue weighted by Crippen LogP contribution is 2.21. The topological polar surface area (TPSA) is 81.8 Å². The first-order valence-electron chi connectivity index (χ1n) is 3.89. The Morgan fingerprint density at radius 1 is 1.57 bits per heavy atom. The van der Waals surface area contributed by atoms with Gasteiger partial charge < -0.3 is 20.3 Å². The van der Waals surface area contributed by atoms with Gasteiger partial charge in [0.2, 0.25) is 0 Å². The Hall–Kier alpha value is -1.75. The van der Waals surface area contributed by atoms with Crippen molar-refractivity contribution in [2.75, 3.05) is 19.6 Å². The number of methoxy groups -OCH3 is 1. The highest BCUT2D eigenvalue weighted by Gasteiger charge is 2.11. The number of anilines is 1. The molecule has 0 atom stereocenters. The van der Waals surface area contributed by atoms with Crippen LogP contribution in [-0.4, -0.2) is 25.0 Å². The molecule has 0 amide bonds. The van der Waals surface area contributed by atoms with E-state index in [1.807, 2.05) is 0 Å². The molecule has 0 spiro atoms. The second-order valence-electron chi connectivity index (χ2n) is 2.61. The van der Waals surface area contributed by atoms with Crippen LogP contribution < -0.4 is 10.5 Å². The monoisotopic (exact) mass is 197 g/mol. The number of hydrogen-bond donors (Lipinski definition) is 2. The summed E-state index contributed by atoms with van der Waals surface area (Å²) in [6.45, 7) is 0.00416. The van der Waals surface area contributed by atoms with E-state index in [2.05, 4.69) is 4.74 Å². The predicted molar refractivity (Wildman–Crippen MR) is 50.3 cm³/mol. The number of nitrogens with two attached hydrogens (primary N) is 1. The number of benzene rings is 1. The van der Waals surface area contributed by atoms with Crippen LogP contribution in [0.5, 0.6) is 5.75 Å². The molecule has 0 aliphatic heterocycles. The Morgan fingerprint density at radius 3 is 2.86 bits per heavy atom. The molecule has 1 aromatic carbocycles. The van der Waals surface area contributed by atoms with E-state index in [4.69, 9.17) is 15.6 Å². The molecule has 0 unspecified atom stereocenters. The van der Waals surface area contributed by atoms with Gasteiger partial charge in [-0.3, -0.25) is 0 Å². The molecule has 1 rings (SSSR count). The van der Waals surface area contributed by atoms with Crippen molar-refractivity contribution in [3.05, 3.63) is 23.8 Å². The molecular formula is C9H11NO4. The van der Waals surface area contributed by atoms with Crippen LogP contribution >= 0.6 is 0 Å². The molecule has 0 aromatic heterocycles. The van der Waals surface area contributed by atoms with E-state index >= 15 is 0 Å². The number of hydrogen-bond acceptors (Lipinski definition) is 4. The minimum absolute atomic E-state index is 0.00416. The first-order chi connectivity index (χ1) is 6.65. The van der Waals surface area contributed by atoms with Crippen LogP contribution in [0.4, 0.5) is 5.69 Å². The maximum Gasteiger partial charge on any atom is 0.339 e. The summed E-state index contributed by atoms with van der Waals surface area (Å²) in [6, 6.07) is 4.41. The lowest BCUT2D eigenvalue weighted by Gasteiger charge is -2.08. The van der Waals surface area contributed by atoms with Crippen LogP contribution in [0.3, 0.4) is 0 Å². The molecule has 76 valence electrons. The Bertz CT molecular complexity index is 338. The van der Waals surface area contributed by atoms with Gasteiger partial charge in [0.05, 0.1) is 0 Å². The summed E-state index contributed by atoms with van der Waals surface area (Å²) >= 11 is 0. The normalized spacial score (nSPS) is 9.79. The second kappa shape index (κ2) is 4.48. The lowest BCUT2D eigenvalue weighted by molar-refractivity contribution is 0.0484. The van der Waals surface area contributed by atoms with Gasteiger partial charge in [-0.05, 0) is 18.2 Å². The molecule has 14 heavy (non-hydrogen) atoms. The molecule has 3 N–H and O–H groups in total. The van der Waals surface area contributed by atoms with Crippen LogP contribution in [0.1, 0.15) is 10.4 Å². The van der Waals surface area contributed by atoms with Gasteiger partial charge >= 0.3 is 5.97 Å². The van der Waals surface area contributed by atoms with Crippen LogP contribution in [0.25, 0.3) is 0 Å². The van der Waals surface area contributed by atoms with Gasteiger partial charge in [0.15, 0.2) is 6.79 Å².